The fourth-order valence-electron chi connectivity index (χ4n) is 3.43. The van der Waals surface area contributed by atoms with Crippen LogP contribution in [0.3, 0.4) is 0 Å². The van der Waals surface area contributed by atoms with Crippen molar-refractivity contribution in [2.45, 2.75) is 40.0 Å². The van der Waals surface area contributed by atoms with Gasteiger partial charge in [-0.1, -0.05) is 32.9 Å². The lowest BCUT2D eigenvalue weighted by Gasteiger charge is -2.19. The third-order valence-corrected chi connectivity index (χ3v) is 6.04. The summed E-state index contributed by atoms with van der Waals surface area (Å²) in [6, 6.07) is 17.4. The summed E-state index contributed by atoms with van der Waals surface area (Å²) in [5.74, 6) is 1.24. The van der Waals surface area contributed by atoms with Gasteiger partial charge in [-0.15, -0.1) is 11.3 Å². The van der Waals surface area contributed by atoms with Gasteiger partial charge in [0.1, 0.15) is 11.6 Å². The second-order valence-electron chi connectivity index (χ2n) is 8.84. The first-order valence-corrected chi connectivity index (χ1v) is 11.8. The Hall–Kier alpha value is -3.45. The minimum atomic E-state index is -0.181. The monoisotopic (exact) mass is 460 g/mol. The van der Waals surface area contributed by atoms with Gasteiger partial charge in [-0.3, -0.25) is 4.79 Å². The summed E-state index contributed by atoms with van der Waals surface area (Å²) in [6.45, 7) is 10.9. The van der Waals surface area contributed by atoms with Crippen molar-refractivity contribution in [3.63, 3.8) is 0 Å². The van der Waals surface area contributed by atoms with E-state index in [2.05, 4.69) is 31.2 Å². The molecule has 4 aromatic rings. The van der Waals surface area contributed by atoms with Gasteiger partial charge in [-0.2, -0.15) is 9.78 Å². The normalized spacial score (nSPS) is 11.4. The van der Waals surface area contributed by atoms with E-state index >= 15 is 0 Å². The van der Waals surface area contributed by atoms with Crippen molar-refractivity contribution in [3.05, 3.63) is 76.8 Å². The predicted octanol–water partition coefficient (Wildman–Crippen LogP) is 6.25. The van der Waals surface area contributed by atoms with E-state index in [0.29, 0.717) is 23.1 Å². The van der Waals surface area contributed by atoms with Crippen LogP contribution < -0.4 is 10.1 Å². The molecule has 6 nitrogen and oxygen atoms in total. The smallest absolute Gasteiger partial charge is 0.256 e. The van der Waals surface area contributed by atoms with E-state index in [1.54, 1.807) is 4.68 Å². The standard InChI is InChI=1S/C26H28N4O2S/c1-6-32-21-13-9-18(10-14-21)22-16-33-25(27-22)30-23(15-17(2)29-30)28-24(31)19-7-11-20(12-8-19)26(3,4)5/h7-16H,6H2,1-5H3,(H,28,31). The Labute approximate surface area is 198 Å². The molecule has 0 spiro atoms. The summed E-state index contributed by atoms with van der Waals surface area (Å²) in [7, 11) is 0. The van der Waals surface area contributed by atoms with Crippen LogP contribution in [0, 0.1) is 6.92 Å². The Morgan fingerprint density at radius 3 is 2.42 bits per heavy atom. The number of hydrogen-bond donors (Lipinski definition) is 1. The molecule has 0 saturated heterocycles. The second-order valence-corrected chi connectivity index (χ2v) is 9.67. The Morgan fingerprint density at radius 1 is 1.09 bits per heavy atom. The maximum Gasteiger partial charge on any atom is 0.256 e. The number of thiazole rings is 1. The molecule has 0 aliphatic carbocycles. The lowest BCUT2D eigenvalue weighted by atomic mass is 9.87. The van der Waals surface area contributed by atoms with E-state index in [-0.39, 0.29) is 11.3 Å². The molecule has 0 bridgehead atoms. The average molecular weight is 461 g/mol. The van der Waals surface area contributed by atoms with E-state index < -0.39 is 0 Å². The molecule has 0 radical (unpaired) electrons. The topological polar surface area (TPSA) is 69.0 Å². The number of anilines is 1. The SMILES string of the molecule is CCOc1ccc(-c2csc(-n3nc(C)cc3NC(=O)c3ccc(C(C)(C)C)cc3)n2)cc1. The largest absolute Gasteiger partial charge is 0.494 e. The first kappa shape index (κ1) is 22.7. The Morgan fingerprint density at radius 2 is 1.79 bits per heavy atom. The van der Waals surface area contributed by atoms with Crippen LogP contribution in [0.5, 0.6) is 5.75 Å². The van der Waals surface area contributed by atoms with E-state index in [1.165, 1.54) is 16.9 Å². The van der Waals surface area contributed by atoms with Crippen LogP contribution in [-0.4, -0.2) is 27.3 Å². The summed E-state index contributed by atoms with van der Waals surface area (Å²) in [6.07, 6.45) is 0. The van der Waals surface area contributed by atoms with Crippen molar-refractivity contribution in [1.29, 1.82) is 0 Å². The lowest BCUT2D eigenvalue weighted by Crippen LogP contribution is -2.16. The second kappa shape index (κ2) is 9.19. The van der Waals surface area contributed by atoms with Crippen LogP contribution in [0.2, 0.25) is 0 Å². The molecule has 2 aromatic carbocycles. The molecule has 2 aromatic heterocycles. The number of benzene rings is 2. The quantitative estimate of drug-likeness (QED) is 0.369. The maximum atomic E-state index is 12.9. The highest BCUT2D eigenvalue weighted by molar-refractivity contribution is 7.12. The lowest BCUT2D eigenvalue weighted by molar-refractivity contribution is 0.102. The van der Waals surface area contributed by atoms with E-state index in [0.717, 1.165) is 22.7 Å². The molecule has 4 rings (SSSR count). The van der Waals surface area contributed by atoms with E-state index in [1.807, 2.05) is 73.8 Å². The van der Waals surface area contributed by atoms with Crippen LogP contribution in [0.1, 0.15) is 49.3 Å². The molecule has 0 aliphatic rings. The van der Waals surface area contributed by atoms with Gasteiger partial charge in [0, 0.05) is 22.6 Å². The highest BCUT2D eigenvalue weighted by Crippen LogP contribution is 2.28. The van der Waals surface area contributed by atoms with Crippen LogP contribution in [0.4, 0.5) is 5.82 Å². The number of aromatic nitrogens is 3. The number of amides is 1. The number of nitrogens with one attached hydrogen (secondary N) is 1. The van der Waals surface area contributed by atoms with E-state index in [4.69, 9.17) is 9.72 Å². The van der Waals surface area contributed by atoms with Crippen molar-refractivity contribution in [2.24, 2.45) is 0 Å². The molecule has 1 N–H and O–H groups in total. The number of carbonyl (C=O) groups excluding carboxylic acids is 1. The van der Waals surface area contributed by atoms with Crippen LogP contribution in [0.15, 0.2) is 60.0 Å². The third-order valence-electron chi connectivity index (χ3n) is 5.22. The summed E-state index contributed by atoms with van der Waals surface area (Å²) in [5, 5.41) is 10.2. The number of nitrogens with zero attached hydrogens (tertiary/aromatic N) is 3. The van der Waals surface area contributed by atoms with Gasteiger partial charge >= 0.3 is 0 Å². The summed E-state index contributed by atoms with van der Waals surface area (Å²) >= 11 is 1.47. The van der Waals surface area contributed by atoms with Crippen molar-refractivity contribution >= 4 is 23.1 Å². The van der Waals surface area contributed by atoms with Crippen LogP contribution in [0.25, 0.3) is 16.4 Å². The summed E-state index contributed by atoms with van der Waals surface area (Å²) in [5.41, 5.74) is 4.46. The van der Waals surface area contributed by atoms with Gasteiger partial charge in [-0.05, 0) is 61.2 Å². The summed E-state index contributed by atoms with van der Waals surface area (Å²) < 4.78 is 7.19. The van der Waals surface area contributed by atoms with Crippen molar-refractivity contribution in [1.82, 2.24) is 14.8 Å². The van der Waals surface area contributed by atoms with Gasteiger partial charge in [0.15, 0.2) is 0 Å². The van der Waals surface area contributed by atoms with Crippen molar-refractivity contribution in [3.8, 4) is 22.1 Å². The van der Waals surface area contributed by atoms with Crippen molar-refractivity contribution < 1.29 is 9.53 Å². The molecular weight excluding hydrogens is 432 g/mol. The first-order valence-electron chi connectivity index (χ1n) is 10.9. The minimum Gasteiger partial charge on any atom is -0.494 e. The number of hydrogen-bond acceptors (Lipinski definition) is 5. The molecule has 0 atom stereocenters. The molecule has 0 fully saturated rings. The fraction of sp³-hybridized carbons (Fsp3) is 0.269. The van der Waals surface area contributed by atoms with Crippen LogP contribution in [-0.2, 0) is 5.41 Å². The number of carbonyl (C=O) groups is 1. The Balaban J connectivity index is 1.55. The van der Waals surface area contributed by atoms with Crippen molar-refractivity contribution in [2.75, 3.05) is 11.9 Å². The molecule has 0 aliphatic heterocycles. The first-order chi connectivity index (χ1) is 15.7. The fourth-order valence-corrected chi connectivity index (χ4v) is 4.22. The molecule has 7 heteroatoms. The molecule has 33 heavy (non-hydrogen) atoms. The average Bonchev–Trinajstić information content (AvgIpc) is 3.40. The number of aryl methyl sites for hydroxylation is 1. The number of ether oxygens (including phenoxy) is 1. The molecule has 2 heterocycles. The van der Waals surface area contributed by atoms with E-state index in [9.17, 15) is 4.79 Å². The zero-order chi connectivity index (χ0) is 23.6. The van der Waals surface area contributed by atoms with Gasteiger partial charge in [-0.25, -0.2) is 4.98 Å². The number of rotatable bonds is 6. The van der Waals surface area contributed by atoms with Gasteiger partial charge in [0.05, 0.1) is 18.0 Å². The molecule has 1 amide bonds. The minimum absolute atomic E-state index is 0.0383. The highest BCUT2D eigenvalue weighted by atomic mass is 32.1. The van der Waals surface area contributed by atoms with Crippen LogP contribution >= 0.6 is 11.3 Å². The Kier molecular flexibility index (Phi) is 6.33. The summed E-state index contributed by atoms with van der Waals surface area (Å²) in [4.78, 5) is 17.6. The Bertz CT molecular complexity index is 1250. The molecule has 0 saturated carbocycles. The molecule has 0 unspecified atom stereocenters. The van der Waals surface area contributed by atoms with Gasteiger partial charge in [0.25, 0.3) is 5.91 Å². The molecular formula is C26H28N4O2S. The molecule has 170 valence electrons. The van der Waals surface area contributed by atoms with Gasteiger partial charge < -0.3 is 10.1 Å². The third kappa shape index (κ3) is 5.14. The maximum absolute atomic E-state index is 12.9. The zero-order valence-corrected chi connectivity index (χ0v) is 20.4. The highest BCUT2D eigenvalue weighted by Gasteiger charge is 2.17. The predicted molar refractivity (Wildman–Crippen MR) is 134 cm³/mol. The van der Waals surface area contributed by atoms with Gasteiger partial charge in [0.2, 0.25) is 5.13 Å². The zero-order valence-electron chi connectivity index (χ0n) is 19.5.